The number of nitrogens with zero attached hydrogens (tertiary/aromatic N) is 4. The molecule has 0 radical (unpaired) electrons. The predicted octanol–water partition coefficient (Wildman–Crippen LogP) is 3.62. The molecule has 0 fully saturated rings. The second-order valence-electron chi connectivity index (χ2n) is 5.31. The quantitative estimate of drug-likeness (QED) is 0.432. The summed E-state index contributed by atoms with van der Waals surface area (Å²) >= 11 is 0. The van der Waals surface area contributed by atoms with Gasteiger partial charge in [-0.1, -0.05) is 24.3 Å². The van der Waals surface area contributed by atoms with Crippen molar-refractivity contribution in [2.75, 3.05) is 0 Å². The first-order chi connectivity index (χ1) is 12.6. The van der Waals surface area contributed by atoms with Crippen LogP contribution in [0, 0.1) is 22.7 Å². The number of hydrogen-bond acceptors (Lipinski definition) is 6. The van der Waals surface area contributed by atoms with E-state index in [2.05, 4.69) is 9.97 Å². The fraction of sp³-hybridized carbons (Fsp3) is 0. The number of para-hydroxylation sites is 2. The number of nitriles is 2. The van der Waals surface area contributed by atoms with Crippen molar-refractivity contribution < 1.29 is 29.7 Å². The topological polar surface area (TPSA) is 114 Å². The number of phenols is 2. The summed E-state index contributed by atoms with van der Waals surface area (Å²) in [5.41, 5.74) is 1.58. The van der Waals surface area contributed by atoms with Crippen LogP contribution >= 0.6 is 0 Å². The summed E-state index contributed by atoms with van der Waals surface area (Å²) < 4.78 is 0. The Balaban J connectivity index is 0.000000187. The first-order valence-electron chi connectivity index (χ1n) is 7.60. The number of phenolic OH excluding ortho intramolecular Hbond substituents is 2. The SMILES string of the molecule is N#Cc1ccc2cccc(O)c2n1.N#Cc1ccc2cccc(O)c2n1.[Zn]. The number of aromatic hydroxyl groups is 2. The maximum Gasteiger partial charge on any atom is 0.141 e. The molecular weight excluding hydrogens is 394 g/mol. The summed E-state index contributed by atoms with van der Waals surface area (Å²) in [4.78, 5) is 7.96. The monoisotopic (exact) mass is 404 g/mol. The van der Waals surface area contributed by atoms with Crippen LogP contribution in [0.1, 0.15) is 11.4 Å². The van der Waals surface area contributed by atoms with Crippen molar-refractivity contribution in [1.82, 2.24) is 9.97 Å². The number of pyridine rings is 2. The van der Waals surface area contributed by atoms with Crippen LogP contribution in [0.2, 0.25) is 0 Å². The molecule has 4 rings (SSSR count). The number of rotatable bonds is 0. The van der Waals surface area contributed by atoms with E-state index in [1.165, 1.54) is 0 Å². The van der Waals surface area contributed by atoms with Crippen molar-refractivity contribution in [2.45, 2.75) is 0 Å². The molecule has 0 saturated carbocycles. The standard InChI is InChI=1S/2C10H6N2O.Zn/c2*11-6-8-5-4-7-2-1-3-9(13)10(7)12-8;/h2*1-5,13H;. The van der Waals surface area contributed by atoms with Crippen LogP contribution in [0.3, 0.4) is 0 Å². The van der Waals surface area contributed by atoms with Crippen LogP contribution in [-0.2, 0) is 19.5 Å². The maximum atomic E-state index is 9.42. The minimum Gasteiger partial charge on any atom is -0.506 e. The maximum absolute atomic E-state index is 9.42. The van der Waals surface area contributed by atoms with Crippen LogP contribution in [0.4, 0.5) is 0 Å². The van der Waals surface area contributed by atoms with Gasteiger partial charge in [-0.05, 0) is 36.4 Å². The van der Waals surface area contributed by atoms with Crippen LogP contribution < -0.4 is 0 Å². The smallest absolute Gasteiger partial charge is 0.141 e. The predicted molar refractivity (Wildman–Crippen MR) is 96.2 cm³/mol. The second kappa shape index (κ2) is 8.71. The Bertz CT molecular complexity index is 1100. The van der Waals surface area contributed by atoms with Gasteiger partial charge in [0.15, 0.2) is 0 Å². The van der Waals surface area contributed by atoms with Crippen molar-refractivity contribution in [3.63, 3.8) is 0 Å². The molecule has 2 N–H and O–H groups in total. The molecule has 0 aliphatic rings. The second-order valence-corrected chi connectivity index (χ2v) is 5.31. The normalized spacial score (nSPS) is 9.41. The molecule has 0 aliphatic carbocycles. The summed E-state index contributed by atoms with van der Waals surface area (Å²) in [5.74, 6) is 0.212. The van der Waals surface area contributed by atoms with E-state index in [0.29, 0.717) is 22.4 Å². The van der Waals surface area contributed by atoms with Gasteiger partial charge in [0.1, 0.15) is 46.1 Å². The van der Waals surface area contributed by atoms with E-state index >= 15 is 0 Å². The number of benzene rings is 2. The van der Waals surface area contributed by atoms with Crippen LogP contribution in [-0.4, -0.2) is 20.2 Å². The summed E-state index contributed by atoms with van der Waals surface area (Å²) in [6.07, 6.45) is 0. The molecule has 27 heavy (non-hydrogen) atoms. The molecule has 4 aromatic rings. The molecule has 2 heterocycles. The molecule has 7 heteroatoms. The summed E-state index contributed by atoms with van der Waals surface area (Å²) in [6, 6.07) is 20.9. The Morgan fingerprint density at radius 2 is 1.04 bits per heavy atom. The Labute approximate surface area is 167 Å². The van der Waals surface area contributed by atoms with Gasteiger partial charge in [-0.2, -0.15) is 10.5 Å². The van der Waals surface area contributed by atoms with E-state index in [1.807, 2.05) is 24.3 Å². The molecule has 0 atom stereocenters. The average molecular weight is 406 g/mol. The zero-order valence-corrected chi connectivity index (χ0v) is 17.1. The van der Waals surface area contributed by atoms with Crippen LogP contribution in [0.25, 0.3) is 21.8 Å². The molecule has 0 spiro atoms. The van der Waals surface area contributed by atoms with Crippen molar-refractivity contribution in [3.05, 3.63) is 72.1 Å². The van der Waals surface area contributed by atoms with E-state index in [1.54, 1.807) is 48.5 Å². The van der Waals surface area contributed by atoms with E-state index in [0.717, 1.165) is 10.8 Å². The number of fused-ring (bicyclic) bond motifs is 2. The fourth-order valence-corrected chi connectivity index (χ4v) is 2.39. The third kappa shape index (κ3) is 4.36. The molecule has 0 aliphatic heterocycles. The summed E-state index contributed by atoms with van der Waals surface area (Å²) in [5, 5.41) is 37.7. The van der Waals surface area contributed by atoms with Gasteiger partial charge in [-0.3, -0.25) is 0 Å². The van der Waals surface area contributed by atoms with Gasteiger partial charge in [0.25, 0.3) is 0 Å². The van der Waals surface area contributed by atoms with Crippen molar-refractivity contribution >= 4 is 21.8 Å². The average Bonchev–Trinajstić information content (AvgIpc) is 2.69. The number of aromatic nitrogens is 2. The minimum absolute atomic E-state index is 0. The Morgan fingerprint density at radius 3 is 1.41 bits per heavy atom. The Hall–Kier alpha value is -3.54. The number of hydrogen-bond donors (Lipinski definition) is 2. The van der Waals surface area contributed by atoms with Gasteiger partial charge in [-0.25, -0.2) is 9.97 Å². The molecule has 0 saturated heterocycles. The van der Waals surface area contributed by atoms with Crippen LogP contribution in [0.5, 0.6) is 11.5 Å². The van der Waals surface area contributed by atoms with Crippen molar-refractivity contribution in [1.29, 1.82) is 10.5 Å². The van der Waals surface area contributed by atoms with Gasteiger partial charge < -0.3 is 10.2 Å². The molecule has 2 aromatic heterocycles. The molecule has 0 unspecified atom stereocenters. The van der Waals surface area contributed by atoms with Gasteiger partial charge in [0, 0.05) is 30.3 Å². The van der Waals surface area contributed by atoms with E-state index in [-0.39, 0.29) is 31.0 Å². The minimum atomic E-state index is 0. The zero-order valence-electron chi connectivity index (χ0n) is 14.2. The largest absolute Gasteiger partial charge is 0.506 e. The van der Waals surface area contributed by atoms with Gasteiger partial charge in [0.05, 0.1) is 0 Å². The molecular formula is C20H12N4O2Zn. The summed E-state index contributed by atoms with van der Waals surface area (Å²) in [6.45, 7) is 0. The van der Waals surface area contributed by atoms with Gasteiger partial charge in [-0.15, -0.1) is 0 Å². The van der Waals surface area contributed by atoms with E-state index in [4.69, 9.17) is 10.5 Å². The first kappa shape index (κ1) is 19.8. The molecule has 2 aromatic carbocycles. The van der Waals surface area contributed by atoms with E-state index in [9.17, 15) is 10.2 Å². The van der Waals surface area contributed by atoms with Crippen molar-refractivity contribution in [2.24, 2.45) is 0 Å². The van der Waals surface area contributed by atoms with E-state index < -0.39 is 0 Å². The molecule has 0 bridgehead atoms. The third-order valence-electron chi connectivity index (χ3n) is 3.63. The van der Waals surface area contributed by atoms with Crippen LogP contribution in [0.15, 0.2) is 60.7 Å². The molecule has 0 amide bonds. The Kier molecular flexibility index (Phi) is 6.38. The van der Waals surface area contributed by atoms with Gasteiger partial charge in [0.2, 0.25) is 0 Å². The fourth-order valence-electron chi connectivity index (χ4n) is 2.39. The van der Waals surface area contributed by atoms with Gasteiger partial charge >= 0.3 is 0 Å². The molecule has 126 valence electrons. The van der Waals surface area contributed by atoms with Crippen molar-refractivity contribution in [3.8, 4) is 23.6 Å². The zero-order chi connectivity index (χ0) is 18.5. The Morgan fingerprint density at radius 1 is 0.630 bits per heavy atom. The third-order valence-corrected chi connectivity index (χ3v) is 3.63. The summed E-state index contributed by atoms with van der Waals surface area (Å²) in [7, 11) is 0. The first-order valence-corrected chi connectivity index (χ1v) is 7.60. The molecule has 6 nitrogen and oxygen atoms in total.